The van der Waals surface area contributed by atoms with E-state index in [0.717, 1.165) is 5.56 Å². The molecular weight excluding hydrogens is 349 g/mol. The van der Waals surface area contributed by atoms with Crippen molar-refractivity contribution in [1.82, 2.24) is 0 Å². The van der Waals surface area contributed by atoms with Gasteiger partial charge in [0.1, 0.15) is 12.4 Å². The third-order valence-corrected chi connectivity index (χ3v) is 3.28. The Morgan fingerprint density at radius 2 is 1.82 bits per heavy atom. The van der Waals surface area contributed by atoms with Crippen LogP contribution >= 0.6 is 34.2 Å². The van der Waals surface area contributed by atoms with Crippen LogP contribution in [0.2, 0.25) is 5.02 Å². The molecule has 0 amide bonds. The molecule has 0 aliphatic carbocycles. The summed E-state index contributed by atoms with van der Waals surface area (Å²) < 4.78 is 6.83. The van der Waals surface area contributed by atoms with Gasteiger partial charge < -0.3 is 10.5 Å². The Hall–Kier alpha value is -0.940. The van der Waals surface area contributed by atoms with Crippen molar-refractivity contribution in [3.8, 4) is 5.75 Å². The first kappa shape index (κ1) is 12.5. The molecule has 0 spiro atoms. The quantitative estimate of drug-likeness (QED) is 0.661. The normalized spacial score (nSPS) is 10.2. The fraction of sp³-hybridized carbons (Fsp3) is 0.0769. The molecule has 0 atom stereocenters. The van der Waals surface area contributed by atoms with Gasteiger partial charge in [0.05, 0.1) is 5.02 Å². The zero-order chi connectivity index (χ0) is 12.3. The molecule has 0 aliphatic rings. The van der Waals surface area contributed by atoms with Crippen LogP contribution in [0, 0.1) is 3.57 Å². The SMILES string of the molecule is Nc1ccc(OCc2ccc(I)cc2)c(Cl)c1. The third-order valence-electron chi connectivity index (χ3n) is 2.26. The lowest BCUT2D eigenvalue weighted by atomic mass is 10.2. The van der Waals surface area contributed by atoms with E-state index in [1.165, 1.54) is 3.57 Å². The first-order valence-corrected chi connectivity index (χ1v) is 6.53. The van der Waals surface area contributed by atoms with Gasteiger partial charge in [0, 0.05) is 9.26 Å². The molecule has 2 nitrogen and oxygen atoms in total. The van der Waals surface area contributed by atoms with Crippen molar-refractivity contribution >= 4 is 39.9 Å². The van der Waals surface area contributed by atoms with E-state index in [1.54, 1.807) is 18.2 Å². The van der Waals surface area contributed by atoms with Gasteiger partial charge in [-0.15, -0.1) is 0 Å². The number of rotatable bonds is 3. The molecule has 2 N–H and O–H groups in total. The Bertz CT molecular complexity index is 513. The first-order chi connectivity index (χ1) is 8.15. The molecule has 2 aromatic carbocycles. The molecule has 4 heteroatoms. The molecule has 0 unspecified atom stereocenters. The molecule has 0 aromatic heterocycles. The maximum absolute atomic E-state index is 6.01. The summed E-state index contributed by atoms with van der Waals surface area (Å²) >= 11 is 8.28. The number of ether oxygens (including phenoxy) is 1. The maximum Gasteiger partial charge on any atom is 0.138 e. The summed E-state index contributed by atoms with van der Waals surface area (Å²) in [5.41, 5.74) is 7.36. The van der Waals surface area contributed by atoms with Gasteiger partial charge in [-0.25, -0.2) is 0 Å². The highest BCUT2D eigenvalue weighted by atomic mass is 127. The van der Waals surface area contributed by atoms with Crippen LogP contribution in [0.4, 0.5) is 5.69 Å². The van der Waals surface area contributed by atoms with Crippen LogP contribution in [0.25, 0.3) is 0 Å². The Balaban J connectivity index is 2.04. The lowest BCUT2D eigenvalue weighted by Gasteiger charge is -2.08. The molecule has 0 saturated heterocycles. The molecule has 17 heavy (non-hydrogen) atoms. The molecular formula is C13H11ClINO. The van der Waals surface area contributed by atoms with Gasteiger partial charge in [-0.3, -0.25) is 0 Å². The van der Waals surface area contributed by atoms with Crippen molar-refractivity contribution < 1.29 is 4.74 Å². The van der Waals surface area contributed by atoms with E-state index in [1.807, 2.05) is 24.3 Å². The minimum Gasteiger partial charge on any atom is -0.487 e. The van der Waals surface area contributed by atoms with Crippen molar-refractivity contribution in [2.45, 2.75) is 6.61 Å². The lowest BCUT2D eigenvalue weighted by molar-refractivity contribution is 0.306. The van der Waals surface area contributed by atoms with Gasteiger partial charge in [0.25, 0.3) is 0 Å². The van der Waals surface area contributed by atoms with Gasteiger partial charge in [-0.2, -0.15) is 0 Å². The predicted octanol–water partition coefficient (Wildman–Crippen LogP) is 4.11. The van der Waals surface area contributed by atoms with Gasteiger partial charge in [0.2, 0.25) is 0 Å². The van der Waals surface area contributed by atoms with E-state index < -0.39 is 0 Å². The summed E-state index contributed by atoms with van der Waals surface area (Å²) in [5.74, 6) is 0.652. The van der Waals surface area contributed by atoms with Crippen LogP contribution < -0.4 is 10.5 Å². The van der Waals surface area contributed by atoms with Crippen LogP contribution in [-0.2, 0) is 6.61 Å². The van der Waals surface area contributed by atoms with Gasteiger partial charge >= 0.3 is 0 Å². The number of anilines is 1. The molecule has 88 valence electrons. The highest BCUT2D eigenvalue weighted by Crippen LogP contribution is 2.27. The summed E-state index contributed by atoms with van der Waals surface area (Å²) in [6, 6.07) is 13.4. The van der Waals surface area contributed by atoms with E-state index >= 15 is 0 Å². The van der Waals surface area contributed by atoms with Crippen molar-refractivity contribution in [3.05, 3.63) is 56.6 Å². The molecule has 2 aromatic rings. The van der Waals surface area contributed by atoms with Gasteiger partial charge in [-0.1, -0.05) is 23.7 Å². The molecule has 0 bridgehead atoms. The standard InChI is InChI=1S/C13H11ClINO/c14-12-7-11(16)5-6-13(12)17-8-9-1-3-10(15)4-2-9/h1-7H,8,16H2. The van der Waals surface area contributed by atoms with Crippen molar-refractivity contribution in [2.75, 3.05) is 5.73 Å². The number of benzene rings is 2. The number of halogens is 2. The number of nitrogens with two attached hydrogens (primary N) is 1. The second kappa shape index (κ2) is 5.60. The molecule has 0 aliphatic heterocycles. The first-order valence-electron chi connectivity index (χ1n) is 5.07. The largest absolute Gasteiger partial charge is 0.487 e. The van der Waals surface area contributed by atoms with E-state index in [2.05, 4.69) is 22.6 Å². The van der Waals surface area contributed by atoms with E-state index in [9.17, 15) is 0 Å². The number of hydrogen-bond acceptors (Lipinski definition) is 2. The van der Waals surface area contributed by atoms with Crippen LogP contribution in [0.15, 0.2) is 42.5 Å². The molecule has 0 radical (unpaired) electrons. The number of hydrogen-bond donors (Lipinski definition) is 1. The minimum atomic E-state index is 0.501. The van der Waals surface area contributed by atoms with Gasteiger partial charge in [-0.05, 0) is 58.5 Å². The third kappa shape index (κ3) is 3.51. The predicted molar refractivity (Wildman–Crippen MR) is 79.4 cm³/mol. The summed E-state index contributed by atoms with van der Waals surface area (Å²) in [6.45, 7) is 0.501. The van der Waals surface area contributed by atoms with Crippen molar-refractivity contribution in [1.29, 1.82) is 0 Å². The lowest BCUT2D eigenvalue weighted by Crippen LogP contribution is -1.96. The zero-order valence-electron chi connectivity index (χ0n) is 8.99. The Morgan fingerprint density at radius 1 is 1.12 bits per heavy atom. The smallest absolute Gasteiger partial charge is 0.138 e. The maximum atomic E-state index is 6.01. The average molecular weight is 360 g/mol. The van der Waals surface area contributed by atoms with Gasteiger partial charge in [0.15, 0.2) is 0 Å². The monoisotopic (exact) mass is 359 g/mol. The Morgan fingerprint density at radius 3 is 2.47 bits per heavy atom. The van der Waals surface area contributed by atoms with E-state index in [0.29, 0.717) is 23.1 Å². The van der Waals surface area contributed by atoms with Crippen molar-refractivity contribution in [3.63, 3.8) is 0 Å². The second-order valence-corrected chi connectivity index (χ2v) is 5.26. The van der Waals surface area contributed by atoms with E-state index in [4.69, 9.17) is 22.1 Å². The Labute approximate surface area is 119 Å². The van der Waals surface area contributed by atoms with Crippen LogP contribution in [0.1, 0.15) is 5.56 Å². The molecule has 0 fully saturated rings. The van der Waals surface area contributed by atoms with Crippen LogP contribution in [-0.4, -0.2) is 0 Å². The fourth-order valence-electron chi connectivity index (χ4n) is 1.38. The molecule has 2 rings (SSSR count). The van der Waals surface area contributed by atoms with Crippen molar-refractivity contribution in [2.24, 2.45) is 0 Å². The average Bonchev–Trinajstić information content (AvgIpc) is 2.30. The summed E-state index contributed by atoms with van der Waals surface area (Å²) in [6.07, 6.45) is 0. The van der Waals surface area contributed by atoms with Crippen LogP contribution in [0.5, 0.6) is 5.75 Å². The minimum absolute atomic E-state index is 0.501. The highest BCUT2D eigenvalue weighted by Gasteiger charge is 2.02. The molecule has 0 saturated carbocycles. The van der Waals surface area contributed by atoms with E-state index in [-0.39, 0.29) is 0 Å². The molecule has 0 heterocycles. The summed E-state index contributed by atoms with van der Waals surface area (Å²) in [5, 5.41) is 0.538. The zero-order valence-corrected chi connectivity index (χ0v) is 11.9. The second-order valence-electron chi connectivity index (χ2n) is 3.61. The Kier molecular flexibility index (Phi) is 4.12. The number of nitrogen functional groups attached to an aromatic ring is 1. The topological polar surface area (TPSA) is 35.2 Å². The van der Waals surface area contributed by atoms with Crippen LogP contribution in [0.3, 0.4) is 0 Å². The summed E-state index contributed by atoms with van der Waals surface area (Å²) in [7, 11) is 0. The fourth-order valence-corrected chi connectivity index (χ4v) is 1.98. The summed E-state index contributed by atoms with van der Waals surface area (Å²) in [4.78, 5) is 0. The highest BCUT2D eigenvalue weighted by molar-refractivity contribution is 14.1.